The number of carboxylic acids is 1. The molecule has 1 saturated heterocycles. The van der Waals surface area contributed by atoms with Crippen molar-refractivity contribution in [2.24, 2.45) is 5.92 Å². The van der Waals surface area contributed by atoms with Crippen LogP contribution in [-0.4, -0.2) is 55.6 Å². The predicted molar refractivity (Wildman–Crippen MR) is 110 cm³/mol. The van der Waals surface area contributed by atoms with E-state index in [2.05, 4.69) is 24.9 Å². The molecule has 3 aromatic heterocycles. The number of aromatic nitrogens is 5. The summed E-state index contributed by atoms with van der Waals surface area (Å²) in [5.41, 5.74) is 2.52. The first-order valence-electron chi connectivity index (χ1n) is 10.0. The first kappa shape index (κ1) is 19.3. The number of nitrogens with zero attached hydrogens (tertiary/aromatic N) is 7. The van der Waals surface area contributed by atoms with E-state index in [1.807, 2.05) is 22.8 Å². The average molecular weight is 421 g/mol. The highest BCUT2D eigenvalue weighted by molar-refractivity contribution is 5.75. The van der Waals surface area contributed by atoms with Crippen LogP contribution >= 0.6 is 0 Å². The second-order valence-corrected chi connectivity index (χ2v) is 7.73. The van der Waals surface area contributed by atoms with Crippen molar-refractivity contribution in [3.05, 3.63) is 54.0 Å². The Morgan fingerprint density at radius 2 is 1.90 bits per heavy atom. The van der Waals surface area contributed by atoms with Gasteiger partial charge >= 0.3 is 5.97 Å². The number of fused-ring (bicyclic) bond motifs is 1. The molecule has 0 amide bonds. The average Bonchev–Trinajstić information content (AvgIpc) is 2.72. The van der Waals surface area contributed by atoms with Crippen LogP contribution < -0.4 is 9.80 Å². The first-order chi connectivity index (χ1) is 15.0. The summed E-state index contributed by atoms with van der Waals surface area (Å²) in [5.74, 6) is -0.351. The number of carboxylic acid groups (broad SMARTS) is 1. The number of carbonyl (C=O) groups is 1. The van der Waals surface area contributed by atoms with Crippen molar-refractivity contribution in [3.8, 4) is 11.6 Å². The van der Waals surface area contributed by atoms with E-state index in [9.17, 15) is 9.18 Å². The SMILES string of the molecule is CC1c2cnc(-c3ncccn3)nc2CCN1c1cc(N2CC(C(=O)O)C2)cc(F)n1. The number of halogens is 1. The van der Waals surface area contributed by atoms with Gasteiger partial charge in [0.05, 0.1) is 17.7 Å². The second-order valence-electron chi connectivity index (χ2n) is 7.73. The number of hydrogen-bond donors (Lipinski definition) is 1. The van der Waals surface area contributed by atoms with Gasteiger partial charge in [0.15, 0.2) is 11.6 Å². The van der Waals surface area contributed by atoms with Gasteiger partial charge in [-0.25, -0.2) is 24.9 Å². The normalized spacial score (nSPS) is 18.5. The molecule has 2 aliphatic rings. The van der Waals surface area contributed by atoms with Crippen LogP contribution in [0.5, 0.6) is 0 Å². The second kappa shape index (κ2) is 7.53. The molecule has 5 rings (SSSR count). The van der Waals surface area contributed by atoms with Crippen LogP contribution in [0.25, 0.3) is 11.6 Å². The van der Waals surface area contributed by atoms with E-state index >= 15 is 0 Å². The molecule has 1 atom stereocenters. The molecule has 10 heteroatoms. The largest absolute Gasteiger partial charge is 0.481 e. The van der Waals surface area contributed by atoms with E-state index in [1.165, 1.54) is 6.07 Å². The maximum Gasteiger partial charge on any atom is 0.310 e. The summed E-state index contributed by atoms with van der Waals surface area (Å²) in [7, 11) is 0. The van der Waals surface area contributed by atoms with Gasteiger partial charge in [-0.1, -0.05) is 0 Å². The van der Waals surface area contributed by atoms with Crippen LogP contribution in [0.4, 0.5) is 15.9 Å². The van der Waals surface area contributed by atoms with Crippen molar-refractivity contribution in [1.82, 2.24) is 24.9 Å². The molecule has 9 nitrogen and oxygen atoms in total. The molecule has 1 fully saturated rings. The Kier molecular flexibility index (Phi) is 4.68. The Labute approximate surface area is 177 Å². The highest BCUT2D eigenvalue weighted by Crippen LogP contribution is 2.35. The molecular weight excluding hydrogens is 401 g/mol. The summed E-state index contributed by atoms with van der Waals surface area (Å²) >= 11 is 0. The predicted octanol–water partition coefficient (Wildman–Crippen LogP) is 2.11. The van der Waals surface area contributed by atoms with Crippen molar-refractivity contribution >= 4 is 17.5 Å². The van der Waals surface area contributed by atoms with Crippen LogP contribution in [0.1, 0.15) is 24.2 Å². The van der Waals surface area contributed by atoms with Gasteiger partial charge in [-0.15, -0.1) is 0 Å². The fourth-order valence-electron chi connectivity index (χ4n) is 4.04. The summed E-state index contributed by atoms with van der Waals surface area (Å²) < 4.78 is 14.3. The monoisotopic (exact) mass is 421 g/mol. The number of aliphatic carboxylic acids is 1. The lowest BCUT2D eigenvalue weighted by Gasteiger charge is -2.40. The minimum atomic E-state index is -0.826. The molecule has 2 aliphatic heterocycles. The molecule has 158 valence electrons. The lowest BCUT2D eigenvalue weighted by Crippen LogP contribution is -2.50. The summed E-state index contributed by atoms with van der Waals surface area (Å²) in [4.78, 5) is 36.5. The van der Waals surface area contributed by atoms with Crippen molar-refractivity contribution in [1.29, 1.82) is 0 Å². The molecule has 0 aromatic carbocycles. The van der Waals surface area contributed by atoms with Crippen LogP contribution in [-0.2, 0) is 11.2 Å². The quantitative estimate of drug-likeness (QED) is 0.634. The van der Waals surface area contributed by atoms with Crippen molar-refractivity contribution in [2.45, 2.75) is 19.4 Å². The summed E-state index contributed by atoms with van der Waals surface area (Å²) in [6.45, 7) is 3.37. The molecule has 1 unspecified atom stereocenters. The maximum absolute atomic E-state index is 14.3. The lowest BCUT2D eigenvalue weighted by atomic mass is 9.98. The van der Waals surface area contributed by atoms with Gasteiger partial charge < -0.3 is 14.9 Å². The van der Waals surface area contributed by atoms with Crippen LogP contribution in [0.15, 0.2) is 36.8 Å². The van der Waals surface area contributed by atoms with Crippen molar-refractivity contribution in [2.75, 3.05) is 29.4 Å². The molecule has 1 N–H and O–H groups in total. The van der Waals surface area contributed by atoms with Crippen molar-refractivity contribution < 1.29 is 14.3 Å². The third kappa shape index (κ3) is 3.54. The van der Waals surface area contributed by atoms with E-state index < -0.39 is 17.8 Å². The molecule has 3 aromatic rings. The van der Waals surface area contributed by atoms with Gasteiger partial charge in [-0.05, 0) is 13.0 Å². The lowest BCUT2D eigenvalue weighted by molar-refractivity contribution is -0.142. The summed E-state index contributed by atoms with van der Waals surface area (Å²) in [6, 6.07) is 4.80. The Bertz CT molecular complexity index is 1140. The van der Waals surface area contributed by atoms with Crippen molar-refractivity contribution in [3.63, 3.8) is 0 Å². The number of pyridine rings is 1. The van der Waals surface area contributed by atoms with Crippen LogP contribution in [0, 0.1) is 11.9 Å². The first-order valence-corrected chi connectivity index (χ1v) is 10.0. The van der Waals surface area contributed by atoms with Gasteiger partial charge in [0, 0.05) is 68.0 Å². The molecule has 0 spiro atoms. The van der Waals surface area contributed by atoms with E-state index in [0.29, 0.717) is 49.2 Å². The van der Waals surface area contributed by atoms with Crippen LogP contribution in [0.2, 0.25) is 0 Å². The van der Waals surface area contributed by atoms with Gasteiger partial charge in [0.2, 0.25) is 5.95 Å². The highest BCUT2D eigenvalue weighted by Gasteiger charge is 2.34. The third-order valence-corrected chi connectivity index (χ3v) is 5.83. The zero-order valence-corrected chi connectivity index (χ0v) is 16.8. The van der Waals surface area contributed by atoms with Gasteiger partial charge in [0.25, 0.3) is 0 Å². The smallest absolute Gasteiger partial charge is 0.310 e. The fourth-order valence-corrected chi connectivity index (χ4v) is 4.04. The number of rotatable bonds is 4. The molecule has 0 aliphatic carbocycles. The topological polar surface area (TPSA) is 108 Å². The van der Waals surface area contributed by atoms with E-state index in [0.717, 1.165) is 11.3 Å². The Morgan fingerprint density at radius 3 is 2.65 bits per heavy atom. The van der Waals surface area contributed by atoms with E-state index in [1.54, 1.807) is 24.7 Å². The third-order valence-electron chi connectivity index (χ3n) is 5.83. The molecule has 0 saturated carbocycles. The van der Waals surface area contributed by atoms with E-state index in [4.69, 9.17) is 5.11 Å². The summed E-state index contributed by atoms with van der Waals surface area (Å²) in [5, 5.41) is 9.09. The number of anilines is 2. The minimum Gasteiger partial charge on any atom is -0.481 e. The van der Waals surface area contributed by atoms with Gasteiger partial charge in [-0.3, -0.25) is 4.79 Å². The maximum atomic E-state index is 14.3. The molecule has 0 bridgehead atoms. The number of hydrogen-bond acceptors (Lipinski definition) is 8. The Morgan fingerprint density at radius 1 is 1.13 bits per heavy atom. The zero-order chi connectivity index (χ0) is 21.5. The van der Waals surface area contributed by atoms with Crippen LogP contribution in [0.3, 0.4) is 0 Å². The summed E-state index contributed by atoms with van der Waals surface area (Å²) in [6.07, 6.45) is 5.73. The van der Waals surface area contributed by atoms with E-state index in [-0.39, 0.29) is 6.04 Å². The Hall–Kier alpha value is -3.69. The Balaban J connectivity index is 1.40. The molecule has 5 heterocycles. The minimum absolute atomic E-state index is 0.0974. The molecule has 31 heavy (non-hydrogen) atoms. The zero-order valence-electron chi connectivity index (χ0n) is 16.8. The fraction of sp³-hybridized carbons (Fsp3) is 0.333. The van der Waals surface area contributed by atoms with Gasteiger partial charge in [0.1, 0.15) is 5.82 Å². The molecular formula is C21H20FN7O2. The molecule has 0 radical (unpaired) electrons. The highest BCUT2D eigenvalue weighted by atomic mass is 19.1. The standard InChI is InChI=1S/C21H20FN7O2/c1-12-15-9-25-20(19-23-4-2-5-24-19)26-16(15)3-6-29(12)18-8-14(7-17(22)27-18)28-10-13(11-28)21(30)31/h2,4-5,7-9,12-13H,3,6,10-11H2,1H3,(H,30,31). The van der Waals surface area contributed by atoms with Gasteiger partial charge in [-0.2, -0.15) is 4.39 Å².